The summed E-state index contributed by atoms with van der Waals surface area (Å²) < 4.78 is 0. The van der Waals surface area contributed by atoms with Gasteiger partial charge in [-0.15, -0.1) is 0 Å². The number of amides is 1. The highest BCUT2D eigenvalue weighted by atomic mass is 16.3. The van der Waals surface area contributed by atoms with E-state index in [-0.39, 0.29) is 0 Å². The number of hydrogen-bond donors (Lipinski definition) is 3. The van der Waals surface area contributed by atoms with Crippen LogP contribution < -0.4 is 10.6 Å². The fraction of sp³-hybridized carbons (Fsp3) is 0.250. The molecule has 4 nitrogen and oxygen atoms in total. The van der Waals surface area contributed by atoms with Crippen LogP contribution in [-0.4, -0.2) is 30.6 Å². The summed E-state index contributed by atoms with van der Waals surface area (Å²) in [5, 5.41) is 17.5. The van der Waals surface area contributed by atoms with E-state index in [2.05, 4.69) is 16.7 Å². The second-order valence-electron chi connectivity index (χ2n) is 5.94. The summed E-state index contributed by atoms with van der Waals surface area (Å²) >= 11 is 0. The summed E-state index contributed by atoms with van der Waals surface area (Å²) in [6.45, 7) is 2.21. The van der Waals surface area contributed by atoms with Crippen LogP contribution in [0.4, 0.5) is 0 Å². The van der Waals surface area contributed by atoms with E-state index in [0.717, 1.165) is 19.5 Å². The van der Waals surface area contributed by atoms with Crippen molar-refractivity contribution in [3.8, 4) is 0 Å². The number of carbonyl (C=O) groups is 1. The van der Waals surface area contributed by atoms with Gasteiger partial charge in [-0.1, -0.05) is 72.3 Å². The molecule has 0 unspecified atom stereocenters. The first-order valence-corrected chi connectivity index (χ1v) is 8.21. The molecule has 4 heteroatoms. The number of benzene rings is 2. The van der Waals surface area contributed by atoms with Crippen molar-refractivity contribution in [2.24, 2.45) is 0 Å². The van der Waals surface area contributed by atoms with Crippen molar-refractivity contribution in [2.75, 3.05) is 19.6 Å². The molecule has 1 aliphatic rings. The van der Waals surface area contributed by atoms with Crippen molar-refractivity contribution in [3.05, 3.63) is 83.4 Å². The van der Waals surface area contributed by atoms with Crippen molar-refractivity contribution in [1.82, 2.24) is 10.6 Å². The maximum Gasteiger partial charge on any atom is 0.261 e. The summed E-state index contributed by atoms with van der Waals surface area (Å²) in [5.41, 5.74) is 0.613. The molecule has 1 aliphatic heterocycles. The molecule has 24 heavy (non-hydrogen) atoms. The summed E-state index contributed by atoms with van der Waals surface area (Å²) in [6.07, 6.45) is 3.00. The molecule has 0 bridgehead atoms. The van der Waals surface area contributed by atoms with E-state index >= 15 is 0 Å². The molecule has 124 valence electrons. The summed E-state index contributed by atoms with van der Waals surface area (Å²) in [4.78, 5) is 12.9. The third-order valence-corrected chi connectivity index (χ3v) is 4.35. The lowest BCUT2D eigenvalue weighted by Gasteiger charge is -2.28. The zero-order valence-electron chi connectivity index (χ0n) is 13.5. The van der Waals surface area contributed by atoms with Crippen LogP contribution >= 0.6 is 0 Å². The summed E-state index contributed by atoms with van der Waals surface area (Å²) in [7, 11) is 0. The Labute approximate surface area is 142 Å². The molecule has 0 radical (unpaired) electrons. The van der Waals surface area contributed by atoms with E-state index in [4.69, 9.17) is 0 Å². The highest BCUT2D eigenvalue weighted by molar-refractivity contribution is 5.90. The highest BCUT2D eigenvalue weighted by Gasteiger charge is 2.39. The van der Waals surface area contributed by atoms with Crippen LogP contribution in [0.1, 0.15) is 17.5 Å². The van der Waals surface area contributed by atoms with Crippen molar-refractivity contribution < 1.29 is 9.90 Å². The van der Waals surface area contributed by atoms with E-state index in [1.165, 1.54) is 5.57 Å². The topological polar surface area (TPSA) is 61.4 Å². The Hall–Kier alpha value is -2.43. The van der Waals surface area contributed by atoms with Gasteiger partial charge < -0.3 is 15.7 Å². The minimum Gasteiger partial charge on any atom is -0.372 e. The smallest absolute Gasteiger partial charge is 0.261 e. The first-order valence-electron chi connectivity index (χ1n) is 8.21. The maximum absolute atomic E-state index is 12.9. The Bertz CT molecular complexity index is 671. The molecule has 1 heterocycles. The summed E-state index contributed by atoms with van der Waals surface area (Å²) in [5.74, 6) is -0.403. The predicted octanol–water partition coefficient (Wildman–Crippen LogP) is 1.96. The number of carbonyl (C=O) groups excluding carboxylic acids is 1. The Morgan fingerprint density at radius 1 is 1.04 bits per heavy atom. The maximum atomic E-state index is 12.9. The van der Waals surface area contributed by atoms with Gasteiger partial charge in [0.15, 0.2) is 5.60 Å². The standard InChI is InChI=1S/C20H22N2O2/c23-19(22-15-16-11-13-21-14-12-16)20(24,17-7-3-1-4-8-17)18-9-5-2-6-10-18/h1-11,21,24H,12-15H2,(H,22,23). The molecular formula is C20H22N2O2. The van der Waals surface area contributed by atoms with Gasteiger partial charge in [0.1, 0.15) is 0 Å². The van der Waals surface area contributed by atoms with Gasteiger partial charge in [-0.2, -0.15) is 0 Å². The Morgan fingerprint density at radius 2 is 1.62 bits per heavy atom. The third-order valence-electron chi connectivity index (χ3n) is 4.35. The number of hydrogen-bond acceptors (Lipinski definition) is 3. The number of aliphatic hydroxyl groups is 1. The molecule has 2 aromatic rings. The van der Waals surface area contributed by atoms with Crippen molar-refractivity contribution in [1.29, 1.82) is 0 Å². The number of nitrogens with one attached hydrogen (secondary N) is 2. The van der Waals surface area contributed by atoms with Gasteiger partial charge in [0.2, 0.25) is 0 Å². The highest BCUT2D eigenvalue weighted by Crippen LogP contribution is 2.29. The molecule has 0 spiro atoms. The lowest BCUT2D eigenvalue weighted by Crippen LogP contribution is -2.46. The van der Waals surface area contributed by atoms with Crippen LogP contribution in [0.5, 0.6) is 0 Å². The average molecular weight is 322 g/mol. The van der Waals surface area contributed by atoms with Crippen LogP contribution in [0.15, 0.2) is 72.3 Å². The van der Waals surface area contributed by atoms with Gasteiger partial charge in [-0.05, 0) is 24.1 Å². The molecule has 1 amide bonds. The summed E-state index contributed by atoms with van der Waals surface area (Å²) in [6, 6.07) is 18.1. The minimum absolute atomic E-state index is 0.403. The van der Waals surface area contributed by atoms with Crippen LogP contribution in [0.25, 0.3) is 0 Å². The lowest BCUT2D eigenvalue weighted by molar-refractivity contribution is -0.136. The fourth-order valence-electron chi connectivity index (χ4n) is 2.94. The van der Waals surface area contributed by atoms with Gasteiger partial charge in [-0.25, -0.2) is 0 Å². The van der Waals surface area contributed by atoms with Crippen LogP contribution in [0, 0.1) is 0 Å². The Kier molecular flexibility index (Phi) is 5.08. The molecule has 0 fully saturated rings. The van der Waals surface area contributed by atoms with E-state index in [1.54, 1.807) is 24.3 Å². The van der Waals surface area contributed by atoms with E-state index in [0.29, 0.717) is 17.7 Å². The zero-order chi connectivity index (χ0) is 16.8. The largest absolute Gasteiger partial charge is 0.372 e. The van der Waals surface area contributed by atoms with E-state index in [1.807, 2.05) is 36.4 Å². The van der Waals surface area contributed by atoms with Crippen molar-refractivity contribution in [2.45, 2.75) is 12.0 Å². The molecule has 3 N–H and O–H groups in total. The van der Waals surface area contributed by atoms with Gasteiger partial charge in [-0.3, -0.25) is 4.79 Å². The predicted molar refractivity (Wildman–Crippen MR) is 94.5 cm³/mol. The van der Waals surface area contributed by atoms with E-state index < -0.39 is 11.5 Å². The zero-order valence-corrected chi connectivity index (χ0v) is 13.5. The molecule has 0 atom stereocenters. The van der Waals surface area contributed by atoms with Crippen LogP contribution in [0.3, 0.4) is 0 Å². The van der Waals surface area contributed by atoms with Crippen molar-refractivity contribution in [3.63, 3.8) is 0 Å². The van der Waals surface area contributed by atoms with Gasteiger partial charge >= 0.3 is 0 Å². The van der Waals surface area contributed by atoms with Crippen LogP contribution in [0.2, 0.25) is 0 Å². The first kappa shape index (κ1) is 16.4. The van der Waals surface area contributed by atoms with Gasteiger partial charge in [0.05, 0.1) is 0 Å². The lowest BCUT2D eigenvalue weighted by atomic mass is 9.85. The monoisotopic (exact) mass is 322 g/mol. The van der Waals surface area contributed by atoms with Gasteiger partial charge in [0, 0.05) is 13.1 Å². The molecule has 0 aromatic heterocycles. The fourth-order valence-corrected chi connectivity index (χ4v) is 2.94. The molecular weight excluding hydrogens is 300 g/mol. The molecule has 3 rings (SSSR count). The first-order chi connectivity index (χ1) is 11.7. The minimum atomic E-state index is -1.70. The second-order valence-corrected chi connectivity index (χ2v) is 5.94. The SMILES string of the molecule is O=C(NCC1=CCNCC1)C(O)(c1ccccc1)c1ccccc1. The van der Waals surface area contributed by atoms with Crippen LogP contribution in [-0.2, 0) is 10.4 Å². The molecule has 0 saturated heterocycles. The number of rotatable bonds is 5. The normalized spacial score (nSPS) is 14.8. The quantitative estimate of drug-likeness (QED) is 0.738. The molecule has 2 aromatic carbocycles. The van der Waals surface area contributed by atoms with Crippen molar-refractivity contribution >= 4 is 5.91 Å². The molecule has 0 aliphatic carbocycles. The third kappa shape index (κ3) is 3.40. The van der Waals surface area contributed by atoms with E-state index in [9.17, 15) is 9.90 Å². The average Bonchev–Trinajstić information content (AvgIpc) is 2.67. The Balaban J connectivity index is 1.87. The Morgan fingerprint density at radius 3 is 2.12 bits per heavy atom. The van der Waals surface area contributed by atoms with Gasteiger partial charge in [0.25, 0.3) is 5.91 Å². The molecule has 0 saturated carbocycles. The second kappa shape index (κ2) is 7.43.